The third kappa shape index (κ3) is 12.6. The lowest BCUT2D eigenvalue weighted by Gasteiger charge is -2.30. The Bertz CT molecular complexity index is 529. The zero-order valence-corrected chi connectivity index (χ0v) is 19.9. The van der Waals surface area contributed by atoms with Crippen LogP contribution in [0.3, 0.4) is 0 Å². The van der Waals surface area contributed by atoms with Gasteiger partial charge in [0.25, 0.3) is 0 Å². The molecule has 1 aromatic rings. The summed E-state index contributed by atoms with van der Waals surface area (Å²) >= 11 is 0. The fourth-order valence-electron chi connectivity index (χ4n) is 4.27. The van der Waals surface area contributed by atoms with Crippen molar-refractivity contribution in [3.05, 3.63) is 35.9 Å². The highest BCUT2D eigenvalue weighted by Crippen LogP contribution is 2.25. The Morgan fingerprint density at radius 3 is 2.16 bits per heavy atom. The van der Waals surface area contributed by atoms with Crippen LogP contribution in [0.4, 0.5) is 0 Å². The van der Waals surface area contributed by atoms with Crippen LogP contribution in [-0.4, -0.2) is 36.8 Å². The molecule has 0 aliphatic carbocycles. The molecule has 4 nitrogen and oxygen atoms in total. The Morgan fingerprint density at radius 2 is 1.48 bits per heavy atom. The van der Waals surface area contributed by atoms with Gasteiger partial charge >= 0.3 is 0 Å². The van der Waals surface area contributed by atoms with Gasteiger partial charge in [-0.15, -0.1) is 0 Å². The Balaban J connectivity index is 1.67. The van der Waals surface area contributed by atoms with Gasteiger partial charge in [0.15, 0.2) is 6.29 Å². The maximum absolute atomic E-state index is 11.3. The van der Waals surface area contributed by atoms with E-state index >= 15 is 0 Å². The smallest absolute Gasteiger partial charge is 0.157 e. The molecular formula is C27H46O4. The summed E-state index contributed by atoms with van der Waals surface area (Å²) in [5.41, 5.74) is 0.391. The van der Waals surface area contributed by atoms with Crippen molar-refractivity contribution in [1.82, 2.24) is 0 Å². The number of benzene rings is 1. The lowest BCUT2D eigenvalue weighted by molar-refractivity contribution is -0.183. The molecule has 1 saturated heterocycles. The van der Waals surface area contributed by atoms with E-state index in [2.05, 4.69) is 19.1 Å². The highest BCUT2D eigenvalue weighted by molar-refractivity contribution is 5.13. The van der Waals surface area contributed by atoms with Crippen molar-refractivity contribution < 1.29 is 19.3 Å². The van der Waals surface area contributed by atoms with E-state index in [0.29, 0.717) is 13.2 Å². The molecule has 1 heterocycles. The number of aliphatic hydroxyl groups is 1. The number of hydrogen-bond donors (Lipinski definition) is 1. The summed E-state index contributed by atoms with van der Waals surface area (Å²) in [5.74, 6) is 0. The molecule has 0 aromatic heterocycles. The lowest BCUT2D eigenvalue weighted by atomic mass is 9.90. The number of unbranched alkanes of at least 4 members (excludes halogenated alkanes) is 8. The van der Waals surface area contributed by atoms with Crippen molar-refractivity contribution in [2.45, 2.75) is 115 Å². The average molecular weight is 435 g/mol. The summed E-state index contributed by atoms with van der Waals surface area (Å²) in [7, 11) is 0. The van der Waals surface area contributed by atoms with Gasteiger partial charge in [0.1, 0.15) is 0 Å². The molecule has 1 N–H and O–H groups in total. The van der Waals surface area contributed by atoms with Crippen molar-refractivity contribution in [3.8, 4) is 0 Å². The Hall–Kier alpha value is -0.940. The predicted octanol–water partition coefficient (Wildman–Crippen LogP) is 6.79. The largest absolute Gasteiger partial charge is 0.387 e. The van der Waals surface area contributed by atoms with E-state index in [1.807, 2.05) is 18.2 Å². The van der Waals surface area contributed by atoms with Gasteiger partial charge in [0.05, 0.1) is 32.0 Å². The first-order chi connectivity index (χ1) is 15.2. The molecule has 0 spiro atoms. The van der Waals surface area contributed by atoms with Crippen LogP contribution >= 0.6 is 0 Å². The van der Waals surface area contributed by atoms with Gasteiger partial charge < -0.3 is 19.3 Å². The van der Waals surface area contributed by atoms with Gasteiger partial charge in [-0.05, 0) is 37.7 Å². The summed E-state index contributed by atoms with van der Waals surface area (Å²) in [5, 5.41) is 11.3. The first-order valence-electron chi connectivity index (χ1n) is 12.8. The molecule has 1 aliphatic heterocycles. The molecular weight excluding hydrogens is 388 g/mol. The van der Waals surface area contributed by atoms with Crippen LogP contribution in [0, 0.1) is 0 Å². The molecule has 4 heteroatoms. The minimum Gasteiger partial charge on any atom is -0.387 e. The van der Waals surface area contributed by atoms with Gasteiger partial charge in [-0.1, -0.05) is 95.0 Å². The van der Waals surface area contributed by atoms with E-state index in [1.54, 1.807) is 0 Å². The maximum Gasteiger partial charge on any atom is 0.157 e. The highest BCUT2D eigenvalue weighted by atomic mass is 16.7. The molecule has 0 unspecified atom stereocenters. The van der Waals surface area contributed by atoms with E-state index in [9.17, 15) is 5.11 Å². The van der Waals surface area contributed by atoms with E-state index in [0.717, 1.165) is 57.3 Å². The highest BCUT2D eigenvalue weighted by Gasteiger charge is 2.27. The first kappa shape index (κ1) is 26.3. The predicted molar refractivity (Wildman–Crippen MR) is 127 cm³/mol. The SMILES string of the molecule is CCCCCCCCCCC[C@@](O)(CCCC1OCCCO1)COCc1ccccc1. The normalized spacial score (nSPS) is 17.0. The summed E-state index contributed by atoms with van der Waals surface area (Å²) in [6.45, 7) is 4.78. The molecule has 0 radical (unpaired) electrons. The Labute approximate surface area is 190 Å². The van der Waals surface area contributed by atoms with Crippen LogP contribution in [0.2, 0.25) is 0 Å². The van der Waals surface area contributed by atoms with Crippen molar-refractivity contribution in [2.24, 2.45) is 0 Å². The van der Waals surface area contributed by atoms with Gasteiger partial charge in [-0.25, -0.2) is 0 Å². The molecule has 0 saturated carbocycles. The van der Waals surface area contributed by atoms with Gasteiger partial charge in [0, 0.05) is 0 Å². The maximum atomic E-state index is 11.3. The molecule has 2 rings (SSSR count). The minimum atomic E-state index is -0.759. The van der Waals surface area contributed by atoms with Crippen LogP contribution in [0.15, 0.2) is 30.3 Å². The van der Waals surface area contributed by atoms with Crippen molar-refractivity contribution in [3.63, 3.8) is 0 Å². The zero-order chi connectivity index (χ0) is 22.0. The average Bonchev–Trinajstić information content (AvgIpc) is 2.79. The molecule has 1 atom stereocenters. The van der Waals surface area contributed by atoms with Gasteiger partial charge in [-0.2, -0.15) is 0 Å². The molecule has 178 valence electrons. The number of ether oxygens (including phenoxy) is 3. The fraction of sp³-hybridized carbons (Fsp3) is 0.778. The number of rotatable bonds is 18. The second kappa shape index (κ2) is 16.7. The van der Waals surface area contributed by atoms with E-state index < -0.39 is 5.60 Å². The first-order valence-corrected chi connectivity index (χ1v) is 12.8. The molecule has 1 aromatic carbocycles. The van der Waals surface area contributed by atoms with Crippen molar-refractivity contribution in [2.75, 3.05) is 19.8 Å². The van der Waals surface area contributed by atoms with Crippen molar-refractivity contribution in [1.29, 1.82) is 0 Å². The Morgan fingerprint density at radius 1 is 0.871 bits per heavy atom. The molecule has 31 heavy (non-hydrogen) atoms. The van der Waals surface area contributed by atoms with Crippen LogP contribution in [0.25, 0.3) is 0 Å². The molecule has 0 bridgehead atoms. The van der Waals surface area contributed by atoms with E-state index in [1.165, 1.54) is 51.4 Å². The summed E-state index contributed by atoms with van der Waals surface area (Å²) in [6.07, 6.45) is 15.8. The zero-order valence-electron chi connectivity index (χ0n) is 19.9. The standard InChI is InChI=1S/C27H46O4/c1-2-3-4-5-6-7-8-9-13-19-27(28,20-14-18-26-30-21-15-22-31-26)24-29-23-25-16-11-10-12-17-25/h10-12,16-17,26,28H,2-9,13-15,18-24H2,1H3/t27-/m1/s1. The van der Waals surface area contributed by atoms with Crippen LogP contribution in [-0.2, 0) is 20.8 Å². The van der Waals surface area contributed by atoms with E-state index in [4.69, 9.17) is 14.2 Å². The summed E-state index contributed by atoms with van der Waals surface area (Å²) in [4.78, 5) is 0. The van der Waals surface area contributed by atoms with Crippen LogP contribution in [0.1, 0.15) is 102 Å². The van der Waals surface area contributed by atoms with Gasteiger partial charge in [-0.3, -0.25) is 0 Å². The monoisotopic (exact) mass is 434 g/mol. The quantitative estimate of drug-likeness (QED) is 0.258. The number of hydrogen-bond acceptors (Lipinski definition) is 4. The lowest BCUT2D eigenvalue weighted by Crippen LogP contribution is -2.35. The summed E-state index contributed by atoms with van der Waals surface area (Å²) in [6, 6.07) is 10.2. The molecule has 1 aliphatic rings. The third-order valence-corrected chi connectivity index (χ3v) is 6.21. The van der Waals surface area contributed by atoms with Crippen molar-refractivity contribution >= 4 is 0 Å². The summed E-state index contributed by atoms with van der Waals surface area (Å²) < 4.78 is 17.3. The molecule has 1 fully saturated rings. The topological polar surface area (TPSA) is 47.9 Å². The molecule has 0 amide bonds. The third-order valence-electron chi connectivity index (χ3n) is 6.21. The minimum absolute atomic E-state index is 0.101. The Kier molecular flexibility index (Phi) is 14.1. The second-order valence-electron chi connectivity index (χ2n) is 9.20. The second-order valence-corrected chi connectivity index (χ2v) is 9.20. The fourth-order valence-corrected chi connectivity index (χ4v) is 4.27. The van der Waals surface area contributed by atoms with Gasteiger partial charge in [0.2, 0.25) is 0 Å². The van der Waals surface area contributed by atoms with Crippen LogP contribution in [0.5, 0.6) is 0 Å². The van der Waals surface area contributed by atoms with E-state index in [-0.39, 0.29) is 6.29 Å². The van der Waals surface area contributed by atoms with Crippen LogP contribution < -0.4 is 0 Å².